The molecule has 1 N–H and O–H groups in total. The van der Waals surface area contributed by atoms with Crippen molar-refractivity contribution < 1.29 is 19.1 Å². The maximum atomic E-state index is 13.8. The van der Waals surface area contributed by atoms with Gasteiger partial charge < -0.3 is 19.7 Å². The fourth-order valence-electron chi connectivity index (χ4n) is 6.06. The van der Waals surface area contributed by atoms with Gasteiger partial charge >= 0.3 is 0 Å². The van der Waals surface area contributed by atoms with E-state index < -0.39 is 0 Å². The number of rotatable bonds is 11. The van der Waals surface area contributed by atoms with Gasteiger partial charge in [0, 0.05) is 57.7 Å². The van der Waals surface area contributed by atoms with Gasteiger partial charge in [-0.3, -0.25) is 24.2 Å². The number of carbonyl (C=O) groups is 2. The number of fused-ring (bicyclic) bond motifs is 1. The molecule has 45 heavy (non-hydrogen) atoms. The lowest BCUT2D eigenvalue weighted by Gasteiger charge is -2.35. The lowest BCUT2D eigenvalue weighted by atomic mass is 9.93. The van der Waals surface area contributed by atoms with Crippen LogP contribution in [0.25, 0.3) is 5.57 Å². The van der Waals surface area contributed by atoms with Crippen molar-refractivity contribution in [1.29, 1.82) is 0 Å². The number of hydrogen-bond acceptors (Lipinski definition) is 7. The van der Waals surface area contributed by atoms with E-state index in [1.165, 1.54) is 0 Å². The van der Waals surface area contributed by atoms with Gasteiger partial charge in [-0.25, -0.2) is 0 Å². The third-order valence-electron chi connectivity index (χ3n) is 8.76. The maximum Gasteiger partial charge on any atom is 0.255 e. The number of amides is 2. The molecule has 1 aromatic heterocycles. The van der Waals surface area contributed by atoms with E-state index in [4.69, 9.17) is 9.47 Å². The van der Waals surface area contributed by atoms with Crippen LogP contribution in [0, 0.1) is 0 Å². The minimum atomic E-state index is -0.128. The van der Waals surface area contributed by atoms with Crippen LogP contribution in [0.1, 0.15) is 95.7 Å². The Kier molecular flexibility index (Phi) is 14.3. The highest BCUT2D eigenvalue weighted by molar-refractivity contribution is 6.03. The molecule has 248 valence electrons. The number of aromatic nitrogens is 2. The van der Waals surface area contributed by atoms with Gasteiger partial charge in [0.15, 0.2) is 0 Å². The lowest BCUT2D eigenvalue weighted by Crippen LogP contribution is -2.49. The molecule has 3 aliphatic heterocycles. The molecule has 0 aromatic carbocycles. The van der Waals surface area contributed by atoms with Crippen LogP contribution in [0.3, 0.4) is 0 Å². The predicted octanol–water partition coefficient (Wildman–Crippen LogP) is 5.56. The Hall–Kier alpha value is -3.50. The molecule has 0 bridgehead atoms. The van der Waals surface area contributed by atoms with Crippen molar-refractivity contribution in [3.8, 4) is 0 Å². The van der Waals surface area contributed by atoms with E-state index in [0.29, 0.717) is 44.7 Å². The van der Waals surface area contributed by atoms with E-state index in [-0.39, 0.29) is 23.9 Å². The fourth-order valence-corrected chi connectivity index (χ4v) is 6.06. The van der Waals surface area contributed by atoms with Gasteiger partial charge in [-0.2, -0.15) is 5.10 Å². The van der Waals surface area contributed by atoms with Crippen LogP contribution in [0.2, 0.25) is 0 Å². The van der Waals surface area contributed by atoms with Crippen LogP contribution in [0.5, 0.6) is 0 Å². The van der Waals surface area contributed by atoms with E-state index in [9.17, 15) is 9.59 Å². The molecular formula is C35H54N6O4. The van der Waals surface area contributed by atoms with Gasteiger partial charge in [0.25, 0.3) is 5.91 Å². The zero-order valence-electron chi connectivity index (χ0n) is 28.5. The Morgan fingerprint density at radius 3 is 2.51 bits per heavy atom. The Balaban J connectivity index is 0.00000271. The van der Waals surface area contributed by atoms with Crippen molar-refractivity contribution in [3.63, 3.8) is 0 Å². The molecule has 1 aromatic rings. The number of ether oxygens (including phenoxy) is 2. The van der Waals surface area contributed by atoms with E-state index in [1.807, 2.05) is 43.4 Å². The highest BCUT2D eigenvalue weighted by Gasteiger charge is 2.33. The average Bonchev–Trinajstić information content (AvgIpc) is 3.51. The van der Waals surface area contributed by atoms with E-state index >= 15 is 0 Å². The summed E-state index contributed by atoms with van der Waals surface area (Å²) >= 11 is 0. The summed E-state index contributed by atoms with van der Waals surface area (Å²) in [6, 6.07) is 0.0909. The number of aliphatic imine (C=N–C) groups is 1. The van der Waals surface area contributed by atoms with Crippen molar-refractivity contribution in [2.45, 2.75) is 85.7 Å². The third-order valence-corrected chi connectivity index (χ3v) is 8.76. The molecule has 0 radical (unpaired) electrons. The monoisotopic (exact) mass is 622 g/mol. The standard InChI is InChI=1S/C33H48N6O4.C2H6/c1-7-23(2)28(33(41)38-15-13-37(14-16-38)22-26(20-34-5)19-24(3)42-6)9-8-10-29-25(4)36-32(40)30-21-35-39(31(29)30)27-11-17-43-18-12-27;1-2/h10,19-21,25,27H,5,7-9,11-18,22H2,1-4,6H3,(H,36,40);1-2H3/b24-19+,26-20+,28-23+,29-10+;. The van der Waals surface area contributed by atoms with Crippen LogP contribution in [0.4, 0.5) is 0 Å². The Labute approximate surface area is 269 Å². The molecule has 2 saturated heterocycles. The number of methoxy groups -OCH3 is 1. The number of allylic oxidation sites excluding steroid dienone is 3. The molecule has 10 heteroatoms. The first-order valence-electron chi connectivity index (χ1n) is 16.5. The molecule has 4 rings (SSSR count). The van der Waals surface area contributed by atoms with E-state index in [2.05, 4.69) is 46.9 Å². The number of piperazine rings is 1. The summed E-state index contributed by atoms with van der Waals surface area (Å²) in [6.07, 6.45) is 11.6. The Morgan fingerprint density at radius 2 is 1.89 bits per heavy atom. The van der Waals surface area contributed by atoms with Crippen LogP contribution >= 0.6 is 0 Å². The molecule has 1 atom stereocenters. The fraction of sp³-hybridized carbons (Fsp3) is 0.600. The molecule has 4 heterocycles. The van der Waals surface area contributed by atoms with E-state index in [0.717, 1.165) is 72.6 Å². The predicted molar refractivity (Wildman–Crippen MR) is 181 cm³/mol. The maximum absolute atomic E-state index is 13.8. The first-order valence-corrected chi connectivity index (χ1v) is 16.5. The van der Waals surface area contributed by atoms with Gasteiger partial charge in [-0.15, -0.1) is 0 Å². The quantitative estimate of drug-likeness (QED) is 0.150. The lowest BCUT2D eigenvalue weighted by molar-refractivity contribution is -0.129. The Bertz CT molecular complexity index is 1290. The number of carbonyl (C=O) groups excluding carboxylic acids is 2. The zero-order chi connectivity index (χ0) is 32.9. The first-order chi connectivity index (χ1) is 21.8. The Morgan fingerprint density at radius 1 is 1.20 bits per heavy atom. The zero-order valence-corrected chi connectivity index (χ0v) is 28.5. The third kappa shape index (κ3) is 9.26. The summed E-state index contributed by atoms with van der Waals surface area (Å²) in [5.41, 5.74) is 5.67. The largest absolute Gasteiger partial charge is 0.501 e. The van der Waals surface area contributed by atoms with Gasteiger partial charge in [-0.05, 0) is 76.8 Å². The first kappa shape index (κ1) is 36.0. The van der Waals surface area contributed by atoms with Crippen LogP contribution in [0.15, 0.2) is 52.0 Å². The van der Waals surface area contributed by atoms with Crippen LogP contribution in [-0.2, 0) is 14.3 Å². The second-order valence-corrected chi connectivity index (χ2v) is 11.6. The van der Waals surface area contributed by atoms with Crippen molar-refractivity contribution in [2.75, 3.05) is 53.0 Å². The van der Waals surface area contributed by atoms with Crippen LogP contribution in [-0.4, -0.2) is 97.2 Å². The SMILES string of the molecule is C=N/C=C(\C=C(/C)OC)CN1CCN(C(=O)/C(CC/C=C2/c3c(cnn3C3CCOCC3)C(=O)NC2C)=C(\C)CC)CC1.CC. The second-order valence-electron chi connectivity index (χ2n) is 11.6. The van der Waals surface area contributed by atoms with Crippen molar-refractivity contribution >= 4 is 24.1 Å². The molecule has 2 amide bonds. The molecule has 2 fully saturated rings. The normalized spacial score (nSPS) is 21.4. The molecule has 1 unspecified atom stereocenters. The summed E-state index contributed by atoms with van der Waals surface area (Å²) in [5, 5.41) is 7.73. The topological polar surface area (TPSA) is 101 Å². The second kappa shape index (κ2) is 17.8. The van der Waals surface area contributed by atoms with Crippen molar-refractivity contribution in [1.82, 2.24) is 24.9 Å². The van der Waals surface area contributed by atoms with Gasteiger partial charge in [-0.1, -0.05) is 32.4 Å². The van der Waals surface area contributed by atoms with Crippen LogP contribution < -0.4 is 5.32 Å². The molecular weight excluding hydrogens is 568 g/mol. The number of hydrogen-bond donors (Lipinski definition) is 1. The molecule has 10 nitrogen and oxygen atoms in total. The van der Waals surface area contributed by atoms with Gasteiger partial charge in [0.2, 0.25) is 5.91 Å². The molecule has 0 spiro atoms. The van der Waals surface area contributed by atoms with Gasteiger partial charge in [0.1, 0.15) is 0 Å². The highest BCUT2D eigenvalue weighted by Crippen LogP contribution is 2.33. The number of nitrogens with zero attached hydrogens (tertiary/aromatic N) is 5. The summed E-state index contributed by atoms with van der Waals surface area (Å²) in [6.45, 7) is 20.8. The number of nitrogens with one attached hydrogen (secondary N) is 1. The molecule has 3 aliphatic rings. The average molecular weight is 623 g/mol. The van der Waals surface area contributed by atoms with E-state index in [1.54, 1.807) is 19.5 Å². The van der Waals surface area contributed by atoms with Gasteiger partial charge in [0.05, 0.1) is 42.4 Å². The molecule has 0 saturated carbocycles. The summed E-state index contributed by atoms with van der Waals surface area (Å²) < 4.78 is 12.9. The molecule has 0 aliphatic carbocycles. The smallest absolute Gasteiger partial charge is 0.255 e. The van der Waals surface area contributed by atoms with Crippen molar-refractivity contribution in [2.24, 2.45) is 4.99 Å². The summed E-state index contributed by atoms with van der Waals surface area (Å²) in [5.74, 6) is 0.870. The minimum absolute atomic E-state index is 0.0806. The summed E-state index contributed by atoms with van der Waals surface area (Å²) in [4.78, 5) is 34.9. The highest BCUT2D eigenvalue weighted by atomic mass is 16.5. The summed E-state index contributed by atoms with van der Waals surface area (Å²) in [7, 11) is 1.65. The van der Waals surface area contributed by atoms with Crippen molar-refractivity contribution in [3.05, 3.63) is 58.3 Å². The minimum Gasteiger partial charge on any atom is -0.501 e.